The molecule has 2 N–H and O–H groups in total. The highest BCUT2D eigenvalue weighted by Gasteiger charge is 2.02. The van der Waals surface area contributed by atoms with E-state index >= 15 is 0 Å². The van der Waals surface area contributed by atoms with E-state index in [0.717, 1.165) is 22.8 Å². The van der Waals surface area contributed by atoms with Crippen molar-refractivity contribution in [2.24, 2.45) is 0 Å². The molecule has 0 unspecified atom stereocenters. The summed E-state index contributed by atoms with van der Waals surface area (Å²) in [5.74, 6) is -0.930. The highest BCUT2D eigenvalue weighted by Crippen LogP contribution is 2.29. The first-order valence-corrected chi connectivity index (χ1v) is 5.94. The number of phenolic OH excluding ortho intramolecular Hbond substituents is 1. The van der Waals surface area contributed by atoms with Crippen LogP contribution in [0.5, 0.6) is 5.75 Å². The minimum atomic E-state index is -0.977. The quantitative estimate of drug-likeness (QED) is 0.837. The zero-order valence-electron chi connectivity index (χ0n) is 9.88. The molecule has 0 aliphatic carbocycles. The van der Waals surface area contributed by atoms with Crippen molar-refractivity contribution in [2.45, 2.75) is 0 Å². The maximum Gasteiger partial charge on any atom is 0.328 e. The summed E-state index contributed by atoms with van der Waals surface area (Å²) in [4.78, 5) is 10.4. The van der Waals surface area contributed by atoms with Crippen LogP contribution < -0.4 is 0 Å². The number of phenols is 1. The van der Waals surface area contributed by atoms with Gasteiger partial charge in [-0.05, 0) is 34.9 Å². The van der Waals surface area contributed by atoms with Crippen LogP contribution >= 0.6 is 11.6 Å². The fourth-order valence-electron chi connectivity index (χ4n) is 1.64. The molecule has 0 saturated heterocycles. The Balaban J connectivity index is 2.27. The van der Waals surface area contributed by atoms with E-state index in [-0.39, 0.29) is 5.75 Å². The number of carboxylic acid groups (broad SMARTS) is 1. The Morgan fingerprint density at radius 3 is 2.26 bits per heavy atom. The van der Waals surface area contributed by atoms with Crippen LogP contribution in [-0.4, -0.2) is 16.2 Å². The van der Waals surface area contributed by atoms with Crippen molar-refractivity contribution in [3.05, 3.63) is 59.1 Å². The molecule has 0 aliphatic heterocycles. The summed E-state index contributed by atoms with van der Waals surface area (Å²) in [7, 11) is 0. The van der Waals surface area contributed by atoms with Crippen LogP contribution in [0.1, 0.15) is 5.56 Å². The molecule has 0 heterocycles. The van der Waals surface area contributed by atoms with Crippen molar-refractivity contribution in [3.63, 3.8) is 0 Å². The lowest BCUT2D eigenvalue weighted by Gasteiger charge is -2.04. The van der Waals surface area contributed by atoms with E-state index in [1.165, 1.54) is 12.1 Å². The maximum atomic E-state index is 10.4. The molecule has 0 bridgehead atoms. The molecule has 96 valence electrons. The fourth-order valence-corrected chi connectivity index (χ4v) is 1.82. The monoisotopic (exact) mass is 274 g/mol. The minimum Gasteiger partial charge on any atom is -0.506 e. The van der Waals surface area contributed by atoms with Gasteiger partial charge >= 0.3 is 5.97 Å². The second-order valence-electron chi connectivity index (χ2n) is 3.96. The molecule has 2 aromatic carbocycles. The molecule has 3 nitrogen and oxygen atoms in total. The second-order valence-corrected chi connectivity index (χ2v) is 4.37. The number of hydrogen-bond acceptors (Lipinski definition) is 2. The van der Waals surface area contributed by atoms with Crippen molar-refractivity contribution in [3.8, 4) is 16.9 Å². The Bertz CT molecular complexity index is 630. The van der Waals surface area contributed by atoms with Gasteiger partial charge in [0.05, 0.1) is 5.02 Å². The minimum absolute atomic E-state index is 0.0476. The first-order valence-electron chi connectivity index (χ1n) is 5.56. The third-order valence-electron chi connectivity index (χ3n) is 2.61. The van der Waals surface area contributed by atoms with Crippen molar-refractivity contribution < 1.29 is 15.0 Å². The van der Waals surface area contributed by atoms with Crippen molar-refractivity contribution in [1.29, 1.82) is 0 Å². The van der Waals surface area contributed by atoms with Crippen LogP contribution in [0, 0.1) is 0 Å². The summed E-state index contributed by atoms with van der Waals surface area (Å²) in [6, 6.07) is 12.3. The van der Waals surface area contributed by atoms with E-state index < -0.39 is 5.97 Å². The summed E-state index contributed by atoms with van der Waals surface area (Å²) in [5.41, 5.74) is 2.63. The molecule has 0 spiro atoms. The van der Waals surface area contributed by atoms with Crippen LogP contribution in [-0.2, 0) is 4.79 Å². The fraction of sp³-hybridized carbons (Fsp3) is 0. The zero-order valence-corrected chi connectivity index (χ0v) is 10.6. The van der Waals surface area contributed by atoms with Crippen LogP contribution in [0.3, 0.4) is 0 Å². The van der Waals surface area contributed by atoms with E-state index in [4.69, 9.17) is 16.7 Å². The smallest absolute Gasteiger partial charge is 0.328 e. The van der Waals surface area contributed by atoms with Gasteiger partial charge in [-0.15, -0.1) is 0 Å². The highest BCUT2D eigenvalue weighted by molar-refractivity contribution is 6.32. The standard InChI is InChI=1S/C15H11ClO3/c16-13-9-12(6-7-14(13)17)11-4-1-10(2-5-11)3-8-15(18)19/h1-9,17H,(H,18,19)/b8-3+. The van der Waals surface area contributed by atoms with Crippen molar-refractivity contribution in [1.82, 2.24) is 0 Å². The molecule has 2 aromatic rings. The second kappa shape index (κ2) is 5.59. The lowest BCUT2D eigenvalue weighted by Crippen LogP contribution is -1.85. The third kappa shape index (κ3) is 3.36. The summed E-state index contributed by atoms with van der Waals surface area (Å²) in [6.07, 6.45) is 2.61. The number of carboxylic acids is 1. The molecule has 0 atom stereocenters. The lowest BCUT2D eigenvalue weighted by molar-refractivity contribution is -0.131. The molecule has 0 aromatic heterocycles. The molecule has 0 radical (unpaired) electrons. The molecule has 2 rings (SSSR count). The number of halogens is 1. The molecular formula is C15H11ClO3. The zero-order chi connectivity index (χ0) is 13.8. The normalized spacial score (nSPS) is 10.8. The average molecular weight is 275 g/mol. The first-order chi connectivity index (χ1) is 9.06. The molecule has 0 fully saturated rings. The maximum absolute atomic E-state index is 10.4. The van der Waals surface area contributed by atoms with Gasteiger partial charge in [0.1, 0.15) is 5.75 Å². The molecule has 0 aliphatic rings. The Kier molecular flexibility index (Phi) is 3.88. The van der Waals surface area contributed by atoms with Gasteiger partial charge < -0.3 is 10.2 Å². The summed E-state index contributed by atoms with van der Waals surface area (Å²) in [5, 5.41) is 18.2. The number of carbonyl (C=O) groups is 1. The van der Waals surface area contributed by atoms with Gasteiger partial charge in [0.25, 0.3) is 0 Å². The van der Waals surface area contributed by atoms with E-state index in [9.17, 15) is 9.90 Å². The van der Waals surface area contributed by atoms with Gasteiger partial charge in [0.2, 0.25) is 0 Å². The molecule has 0 amide bonds. The predicted molar refractivity (Wildman–Crippen MR) is 75.2 cm³/mol. The van der Waals surface area contributed by atoms with E-state index in [0.29, 0.717) is 5.02 Å². The van der Waals surface area contributed by atoms with Gasteiger partial charge in [-0.3, -0.25) is 0 Å². The highest BCUT2D eigenvalue weighted by atomic mass is 35.5. The molecule has 19 heavy (non-hydrogen) atoms. The first kappa shape index (κ1) is 13.2. The van der Waals surface area contributed by atoms with E-state index in [1.807, 2.05) is 24.3 Å². The van der Waals surface area contributed by atoms with Crippen LogP contribution in [0.15, 0.2) is 48.5 Å². The summed E-state index contributed by atoms with van der Waals surface area (Å²) in [6.45, 7) is 0. The number of benzene rings is 2. The largest absolute Gasteiger partial charge is 0.506 e. The van der Waals surface area contributed by atoms with E-state index in [2.05, 4.69) is 0 Å². The average Bonchev–Trinajstić information content (AvgIpc) is 2.40. The molecule has 0 saturated carbocycles. The van der Waals surface area contributed by atoms with Crippen LogP contribution in [0.2, 0.25) is 5.02 Å². The van der Waals surface area contributed by atoms with Gasteiger partial charge in [-0.25, -0.2) is 4.79 Å². The van der Waals surface area contributed by atoms with Crippen LogP contribution in [0.4, 0.5) is 0 Å². The number of aromatic hydroxyl groups is 1. The predicted octanol–water partition coefficient (Wildman–Crippen LogP) is 3.81. The van der Waals surface area contributed by atoms with Gasteiger partial charge in [0, 0.05) is 6.08 Å². The number of aliphatic carboxylic acids is 1. The van der Waals surface area contributed by atoms with Gasteiger partial charge in [0.15, 0.2) is 0 Å². The van der Waals surface area contributed by atoms with E-state index in [1.54, 1.807) is 12.1 Å². The van der Waals surface area contributed by atoms with Crippen LogP contribution in [0.25, 0.3) is 17.2 Å². The Hall–Kier alpha value is -2.26. The Morgan fingerprint density at radius 2 is 1.68 bits per heavy atom. The SMILES string of the molecule is O=C(O)/C=C/c1ccc(-c2ccc(O)c(Cl)c2)cc1. The topological polar surface area (TPSA) is 57.5 Å². The Labute approximate surface area is 115 Å². The molecular weight excluding hydrogens is 264 g/mol. The Morgan fingerprint density at radius 1 is 1.05 bits per heavy atom. The number of hydrogen-bond donors (Lipinski definition) is 2. The summed E-state index contributed by atoms with van der Waals surface area (Å²) < 4.78 is 0. The van der Waals surface area contributed by atoms with Gasteiger partial charge in [-0.1, -0.05) is 41.9 Å². The molecule has 4 heteroatoms. The summed E-state index contributed by atoms with van der Waals surface area (Å²) >= 11 is 5.85. The third-order valence-corrected chi connectivity index (χ3v) is 2.91. The van der Waals surface area contributed by atoms with Gasteiger partial charge in [-0.2, -0.15) is 0 Å². The van der Waals surface area contributed by atoms with Crippen molar-refractivity contribution in [2.75, 3.05) is 0 Å². The lowest BCUT2D eigenvalue weighted by atomic mass is 10.0. The number of rotatable bonds is 3. The van der Waals surface area contributed by atoms with Crippen molar-refractivity contribution >= 4 is 23.6 Å².